The lowest BCUT2D eigenvalue weighted by Gasteiger charge is -2.34. The zero-order valence-corrected chi connectivity index (χ0v) is 18.3. The number of carbonyl (C=O) groups is 1. The van der Waals surface area contributed by atoms with Gasteiger partial charge >= 0.3 is 0 Å². The van der Waals surface area contributed by atoms with Crippen LogP contribution in [-0.2, 0) is 22.5 Å². The minimum absolute atomic E-state index is 0.0498. The molecule has 30 heavy (non-hydrogen) atoms. The van der Waals surface area contributed by atoms with Gasteiger partial charge in [-0.3, -0.25) is 4.79 Å². The van der Waals surface area contributed by atoms with Gasteiger partial charge < -0.3 is 15.0 Å². The number of amides is 1. The molecular weight excluding hydrogens is 379 g/mol. The van der Waals surface area contributed by atoms with Gasteiger partial charge in [0.25, 0.3) is 0 Å². The van der Waals surface area contributed by atoms with Gasteiger partial charge in [-0.2, -0.15) is 0 Å². The molecule has 2 heterocycles. The zero-order valence-electron chi connectivity index (χ0n) is 18.3. The summed E-state index contributed by atoms with van der Waals surface area (Å²) < 4.78 is 19.0. The number of ether oxygens (including phenoxy) is 1. The Morgan fingerprint density at radius 1 is 1.20 bits per heavy atom. The van der Waals surface area contributed by atoms with E-state index < -0.39 is 0 Å². The number of hydrogen-bond acceptors (Lipinski definition) is 3. The highest BCUT2D eigenvalue weighted by Crippen LogP contribution is 2.38. The van der Waals surface area contributed by atoms with Crippen LogP contribution >= 0.6 is 0 Å². The first-order valence-electron chi connectivity index (χ1n) is 10.7. The van der Waals surface area contributed by atoms with E-state index in [1.54, 1.807) is 12.1 Å². The Morgan fingerprint density at radius 3 is 2.63 bits per heavy atom. The summed E-state index contributed by atoms with van der Waals surface area (Å²) in [5.41, 5.74) is 6.53. The fourth-order valence-electron chi connectivity index (χ4n) is 4.29. The van der Waals surface area contributed by atoms with Crippen molar-refractivity contribution in [2.75, 3.05) is 30.0 Å². The maximum atomic E-state index is 13.5. The number of nitrogens with zero attached hydrogens (tertiary/aromatic N) is 1. The third-order valence-corrected chi connectivity index (χ3v) is 5.93. The van der Waals surface area contributed by atoms with Crippen molar-refractivity contribution >= 4 is 17.3 Å². The predicted molar refractivity (Wildman–Crippen MR) is 119 cm³/mol. The number of halogens is 1. The molecule has 1 N–H and O–H groups in total. The molecule has 160 valence electrons. The fourth-order valence-corrected chi connectivity index (χ4v) is 4.29. The highest BCUT2D eigenvalue weighted by molar-refractivity contribution is 5.93. The summed E-state index contributed by atoms with van der Waals surface area (Å²) in [6.45, 7) is 11.3. The Labute approximate surface area is 178 Å². The monoisotopic (exact) mass is 410 g/mol. The molecule has 0 aliphatic carbocycles. The van der Waals surface area contributed by atoms with Crippen LogP contribution < -0.4 is 10.2 Å². The highest BCUT2D eigenvalue weighted by Gasteiger charge is 2.28. The molecule has 4 nitrogen and oxygen atoms in total. The van der Waals surface area contributed by atoms with Crippen molar-refractivity contribution in [3.05, 3.63) is 58.4 Å². The molecule has 0 spiro atoms. The van der Waals surface area contributed by atoms with Crippen LogP contribution in [0.4, 0.5) is 15.8 Å². The van der Waals surface area contributed by atoms with Crippen LogP contribution in [0.15, 0.2) is 30.3 Å². The van der Waals surface area contributed by atoms with Gasteiger partial charge in [0.1, 0.15) is 5.82 Å². The molecule has 2 aliphatic heterocycles. The number of aryl methyl sites for hydroxylation is 1. The molecular formula is C25H31FN2O2. The van der Waals surface area contributed by atoms with Crippen molar-refractivity contribution in [1.82, 2.24) is 0 Å². The number of benzene rings is 2. The molecule has 0 bridgehead atoms. The molecule has 0 saturated carbocycles. The number of hydrogen-bond donors (Lipinski definition) is 1. The van der Waals surface area contributed by atoms with E-state index in [0.717, 1.165) is 47.6 Å². The van der Waals surface area contributed by atoms with E-state index >= 15 is 0 Å². The van der Waals surface area contributed by atoms with Crippen LogP contribution in [0.5, 0.6) is 0 Å². The van der Waals surface area contributed by atoms with Crippen molar-refractivity contribution in [2.24, 2.45) is 5.41 Å². The third kappa shape index (κ3) is 4.51. The van der Waals surface area contributed by atoms with Crippen molar-refractivity contribution in [2.45, 2.75) is 53.0 Å². The van der Waals surface area contributed by atoms with Crippen LogP contribution in [0.3, 0.4) is 0 Å². The lowest BCUT2D eigenvalue weighted by atomic mass is 9.90. The van der Waals surface area contributed by atoms with Gasteiger partial charge in [-0.1, -0.05) is 26.8 Å². The van der Waals surface area contributed by atoms with Gasteiger partial charge in [-0.05, 0) is 65.3 Å². The molecule has 0 aromatic heterocycles. The Balaban J connectivity index is 1.62. The van der Waals surface area contributed by atoms with Gasteiger partial charge in [-0.15, -0.1) is 0 Å². The van der Waals surface area contributed by atoms with Crippen LogP contribution in [0.1, 0.15) is 55.4 Å². The molecule has 0 atom stereocenters. The van der Waals surface area contributed by atoms with E-state index in [9.17, 15) is 9.18 Å². The maximum Gasteiger partial charge on any atom is 0.224 e. The molecule has 1 saturated heterocycles. The Kier molecular flexibility index (Phi) is 5.58. The Bertz CT molecular complexity index is 960. The number of carbonyl (C=O) groups excluding carboxylic acids is 1. The number of fused-ring (bicyclic) bond motifs is 1. The van der Waals surface area contributed by atoms with Crippen molar-refractivity contribution in [3.63, 3.8) is 0 Å². The van der Waals surface area contributed by atoms with Gasteiger partial charge in [0, 0.05) is 36.8 Å². The zero-order chi connectivity index (χ0) is 21.5. The van der Waals surface area contributed by atoms with E-state index in [-0.39, 0.29) is 17.1 Å². The fraction of sp³-hybridized carbons (Fsp3) is 0.480. The molecule has 2 aromatic carbocycles. The topological polar surface area (TPSA) is 41.6 Å². The Hall–Kier alpha value is -2.40. The molecule has 2 aromatic rings. The number of nitrogens with one attached hydrogen (secondary N) is 1. The lowest BCUT2D eigenvalue weighted by Crippen LogP contribution is -2.32. The number of anilines is 2. The van der Waals surface area contributed by atoms with E-state index in [0.29, 0.717) is 25.6 Å². The minimum atomic E-state index is -0.166. The normalized spacial score (nSPS) is 16.8. The summed E-state index contributed by atoms with van der Waals surface area (Å²) in [4.78, 5) is 15.0. The SMILES string of the molecule is Cc1cc(N2CCc3cc(F)ccc3C2)cc(C2COC2)c1NC(=O)CC(C)(C)C. The molecule has 1 fully saturated rings. The van der Waals surface area contributed by atoms with Gasteiger partial charge in [-0.25, -0.2) is 4.39 Å². The van der Waals surface area contributed by atoms with Crippen LogP contribution in [0, 0.1) is 18.2 Å². The maximum absolute atomic E-state index is 13.5. The van der Waals surface area contributed by atoms with Gasteiger partial charge in [0.05, 0.1) is 13.2 Å². The summed E-state index contributed by atoms with van der Waals surface area (Å²) in [5, 5.41) is 3.18. The molecule has 5 heteroatoms. The first kappa shape index (κ1) is 20.9. The van der Waals surface area contributed by atoms with Crippen molar-refractivity contribution in [1.29, 1.82) is 0 Å². The third-order valence-electron chi connectivity index (χ3n) is 5.93. The van der Waals surface area contributed by atoms with E-state index in [1.807, 2.05) is 6.07 Å². The van der Waals surface area contributed by atoms with Crippen LogP contribution in [0.25, 0.3) is 0 Å². The van der Waals surface area contributed by atoms with E-state index in [4.69, 9.17) is 4.74 Å². The quantitative estimate of drug-likeness (QED) is 0.755. The Morgan fingerprint density at radius 2 is 1.97 bits per heavy atom. The van der Waals surface area contributed by atoms with E-state index in [1.165, 1.54) is 5.56 Å². The van der Waals surface area contributed by atoms with E-state index in [2.05, 4.69) is 50.0 Å². The number of rotatable bonds is 4. The van der Waals surface area contributed by atoms with Crippen LogP contribution in [0.2, 0.25) is 0 Å². The molecule has 2 aliphatic rings. The summed E-state index contributed by atoms with van der Waals surface area (Å²) in [7, 11) is 0. The summed E-state index contributed by atoms with van der Waals surface area (Å²) in [6, 6.07) is 9.46. The van der Waals surface area contributed by atoms with Gasteiger partial charge in [0.15, 0.2) is 0 Å². The summed E-state index contributed by atoms with van der Waals surface area (Å²) >= 11 is 0. The lowest BCUT2D eigenvalue weighted by molar-refractivity contribution is -0.117. The standard InChI is InChI=1S/C25H31FN2O2/c1-16-9-21(28-8-7-17-10-20(26)6-5-18(17)13-28)11-22(19-14-30-15-19)24(16)27-23(29)12-25(2,3)4/h5-6,9-11,19H,7-8,12-15H2,1-4H3,(H,27,29). The smallest absolute Gasteiger partial charge is 0.224 e. The average molecular weight is 411 g/mol. The molecule has 4 rings (SSSR count). The highest BCUT2D eigenvalue weighted by atomic mass is 19.1. The average Bonchev–Trinajstić information content (AvgIpc) is 2.61. The second-order valence-corrected chi connectivity index (χ2v) is 9.83. The minimum Gasteiger partial charge on any atom is -0.380 e. The second kappa shape index (κ2) is 8.03. The van der Waals surface area contributed by atoms with Crippen molar-refractivity contribution in [3.8, 4) is 0 Å². The largest absolute Gasteiger partial charge is 0.380 e. The first-order chi connectivity index (χ1) is 14.2. The molecule has 0 radical (unpaired) electrons. The van der Waals surface area contributed by atoms with Crippen molar-refractivity contribution < 1.29 is 13.9 Å². The van der Waals surface area contributed by atoms with Gasteiger partial charge in [0.2, 0.25) is 5.91 Å². The first-order valence-corrected chi connectivity index (χ1v) is 10.7. The second-order valence-electron chi connectivity index (χ2n) is 9.83. The van der Waals surface area contributed by atoms with Crippen LogP contribution in [-0.4, -0.2) is 25.7 Å². The summed E-state index contributed by atoms with van der Waals surface area (Å²) in [6.07, 6.45) is 1.31. The summed E-state index contributed by atoms with van der Waals surface area (Å²) in [5.74, 6) is 0.189. The molecule has 1 amide bonds. The molecule has 0 unspecified atom stereocenters. The predicted octanol–water partition coefficient (Wildman–Crippen LogP) is 5.19.